The lowest BCUT2D eigenvalue weighted by molar-refractivity contribution is 0.100. The predicted octanol–water partition coefficient (Wildman–Crippen LogP) is 0.815. The van der Waals surface area contributed by atoms with Gasteiger partial charge in [0.1, 0.15) is 11.4 Å². The van der Waals surface area contributed by atoms with Crippen molar-refractivity contribution < 1.29 is 4.79 Å². The third-order valence-corrected chi connectivity index (χ3v) is 3.79. The number of rotatable bonds is 6. The van der Waals surface area contributed by atoms with Crippen molar-refractivity contribution in [3.8, 4) is 12.3 Å². The molecule has 7 heteroatoms. The molecular formula is C18H20N4O3. The highest BCUT2D eigenvalue weighted by Crippen LogP contribution is 2.11. The van der Waals surface area contributed by atoms with Gasteiger partial charge in [-0.05, 0) is 24.6 Å². The molecule has 0 saturated carbocycles. The van der Waals surface area contributed by atoms with Crippen LogP contribution in [-0.4, -0.2) is 21.5 Å². The SMILES string of the molecule is C#Cc1cccc(NCC(=O)c2c(N)n(CCC)c(=O)n(C)c2=O)c1. The maximum atomic E-state index is 12.5. The summed E-state index contributed by atoms with van der Waals surface area (Å²) in [5, 5.41) is 2.92. The number of nitrogens with one attached hydrogen (secondary N) is 1. The van der Waals surface area contributed by atoms with E-state index < -0.39 is 17.0 Å². The van der Waals surface area contributed by atoms with Gasteiger partial charge in [-0.15, -0.1) is 6.42 Å². The number of aromatic nitrogens is 2. The third kappa shape index (κ3) is 3.63. The van der Waals surface area contributed by atoms with Crippen LogP contribution >= 0.6 is 0 Å². The van der Waals surface area contributed by atoms with Gasteiger partial charge in [-0.25, -0.2) is 4.79 Å². The zero-order chi connectivity index (χ0) is 18.6. The minimum absolute atomic E-state index is 0.0980. The molecule has 0 aliphatic carbocycles. The van der Waals surface area contributed by atoms with Crippen LogP contribution in [0.3, 0.4) is 0 Å². The van der Waals surface area contributed by atoms with Gasteiger partial charge in [0, 0.05) is 24.8 Å². The van der Waals surface area contributed by atoms with Crippen LogP contribution in [0.1, 0.15) is 29.3 Å². The molecule has 0 unspecified atom stereocenters. The van der Waals surface area contributed by atoms with Crippen molar-refractivity contribution in [3.63, 3.8) is 0 Å². The number of carbonyl (C=O) groups is 1. The van der Waals surface area contributed by atoms with Crippen LogP contribution in [0, 0.1) is 12.3 Å². The highest BCUT2D eigenvalue weighted by molar-refractivity contribution is 6.02. The van der Waals surface area contributed by atoms with Gasteiger partial charge in [-0.1, -0.05) is 18.9 Å². The highest BCUT2D eigenvalue weighted by atomic mass is 16.2. The number of nitrogens with zero attached hydrogens (tertiary/aromatic N) is 2. The minimum Gasteiger partial charge on any atom is -0.384 e. The smallest absolute Gasteiger partial charge is 0.332 e. The molecule has 130 valence electrons. The van der Waals surface area contributed by atoms with Crippen molar-refractivity contribution in [1.82, 2.24) is 9.13 Å². The van der Waals surface area contributed by atoms with Gasteiger partial charge in [0.05, 0.1) is 6.54 Å². The number of hydrogen-bond acceptors (Lipinski definition) is 5. The van der Waals surface area contributed by atoms with E-state index in [1.165, 1.54) is 11.6 Å². The van der Waals surface area contributed by atoms with Crippen molar-refractivity contribution in [3.05, 3.63) is 56.2 Å². The Balaban J connectivity index is 2.34. The van der Waals surface area contributed by atoms with E-state index in [1.54, 1.807) is 24.3 Å². The number of carbonyl (C=O) groups excluding carboxylic acids is 1. The van der Waals surface area contributed by atoms with Gasteiger partial charge in [-0.3, -0.25) is 18.7 Å². The summed E-state index contributed by atoms with van der Waals surface area (Å²) in [6.07, 6.45) is 5.99. The molecule has 25 heavy (non-hydrogen) atoms. The van der Waals surface area contributed by atoms with Crippen molar-refractivity contribution in [1.29, 1.82) is 0 Å². The second kappa shape index (κ2) is 7.53. The highest BCUT2D eigenvalue weighted by Gasteiger charge is 2.20. The molecule has 0 bridgehead atoms. The van der Waals surface area contributed by atoms with E-state index in [1.807, 2.05) is 6.92 Å². The Morgan fingerprint density at radius 1 is 1.36 bits per heavy atom. The lowest BCUT2D eigenvalue weighted by atomic mass is 10.1. The topological polar surface area (TPSA) is 99.1 Å². The molecule has 0 fully saturated rings. The summed E-state index contributed by atoms with van der Waals surface area (Å²) in [5.74, 6) is 1.91. The number of anilines is 2. The van der Waals surface area contributed by atoms with Crippen LogP contribution in [0.15, 0.2) is 33.9 Å². The molecule has 1 heterocycles. The summed E-state index contributed by atoms with van der Waals surface area (Å²) in [5.41, 5.74) is 5.84. The molecular weight excluding hydrogens is 320 g/mol. The fourth-order valence-corrected chi connectivity index (χ4v) is 2.47. The lowest BCUT2D eigenvalue weighted by Gasteiger charge is -2.14. The second-order valence-corrected chi connectivity index (χ2v) is 5.56. The maximum Gasteiger partial charge on any atom is 0.332 e. The van der Waals surface area contributed by atoms with E-state index in [0.29, 0.717) is 24.2 Å². The molecule has 2 aromatic rings. The zero-order valence-electron chi connectivity index (χ0n) is 14.2. The fraction of sp³-hybridized carbons (Fsp3) is 0.278. The van der Waals surface area contributed by atoms with Gasteiger partial charge in [0.15, 0.2) is 5.78 Å². The molecule has 0 radical (unpaired) electrons. The van der Waals surface area contributed by atoms with E-state index in [9.17, 15) is 14.4 Å². The average Bonchev–Trinajstić information content (AvgIpc) is 2.62. The van der Waals surface area contributed by atoms with Gasteiger partial charge in [0.2, 0.25) is 0 Å². The average molecular weight is 340 g/mol. The van der Waals surface area contributed by atoms with E-state index in [2.05, 4.69) is 11.2 Å². The molecule has 0 saturated heterocycles. The molecule has 0 aliphatic heterocycles. The first-order chi connectivity index (χ1) is 11.9. The van der Waals surface area contributed by atoms with Crippen molar-refractivity contribution >= 4 is 17.3 Å². The summed E-state index contributed by atoms with van der Waals surface area (Å²) in [4.78, 5) is 37.0. The number of nitrogens with two attached hydrogens (primary N) is 1. The van der Waals surface area contributed by atoms with E-state index in [-0.39, 0.29) is 17.9 Å². The Hall–Kier alpha value is -3.27. The van der Waals surface area contributed by atoms with Crippen LogP contribution in [-0.2, 0) is 13.6 Å². The molecule has 7 nitrogen and oxygen atoms in total. The van der Waals surface area contributed by atoms with Gasteiger partial charge in [0.25, 0.3) is 5.56 Å². The predicted molar refractivity (Wildman–Crippen MR) is 97.8 cm³/mol. The van der Waals surface area contributed by atoms with Gasteiger partial charge < -0.3 is 11.1 Å². The van der Waals surface area contributed by atoms with Crippen molar-refractivity contribution in [2.24, 2.45) is 7.05 Å². The summed E-state index contributed by atoms with van der Waals surface area (Å²) < 4.78 is 2.14. The zero-order valence-corrected chi connectivity index (χ0v) is 14.2. The van der Waals surface area contributed by atoms with Crippen LogP contribution in [0.25, 0.3) is 0 Å². The summed E-state index contributed by atoms with van der Waals surface area (Å²) in [6, 6.07) is 7.00. The third-order valence-electron chi connectivity index (χ3n) is 3.79. The van der Waals surface area contributed by atoms with E-state index in [4.69, 9.17) is 12.2 Å². The Morgan fingerprint density at radius 3 is 2.72 bits per heavy atom. The minimum atomic E-state index is -0.695. The molecule has 0 atom stereocenters. The van der Waals surface area contributed by atoms with Crippen LogP contribution in [0.2, 0.25) is 0 Å². The molecule has 0 spiro atoms. The number of Topliss-reactive ketones (excluding diaryl/α,β-unsaturated/α-hetero) is 1. The monoisotopic (exact) mass is 340 g/mol. The quantitative estimate of drug-likeness (QED) is 0.599. The maximum absolute atomic E-state index is 12.5. The summed E-state index contributed by atoms with van der Waals surface area (Å²) in [6.45, 7) is 2.06. The molecule has 0 amide bonds. The van der Waals surface area contributed by atoms with E-state index in [0.717, 1.165) is 4.57 Å². The van der Waals surface area contributed by atoms with Gasteiger partial charge in [-0.2, -0.15) is 0 Å². The molecule has 1 aromatic carbocycles. The second-order valence-electron chi connectivity index (χ2n) is 5.56. The first-order valence-corrected chi connectivity index (χ1v) is 7.83. The van der Waals surface area contributed by atoms with Crippen LogP contribution in [0.4, 0.5) is 11.5 Å². The number of terminal acetylenes is 1. The van der Waals surface area contributed by atoms with Gasteiger partial charge >= 0.3 is 5.69 Å². The molecule has 2 rings (SSSR count). The fourth-order valence-electron chi connectivity index (χ4n) is 2.47. The van der Waals surface area contributed by atoms with Crippen LogP contribution in [0.5, 0.6) is 0 Å². The van der Waals surface area contributed by atoms with E-state index >= 15 is 0 Å². The molecule has 3 N–H and O–H groups in total. The molecule has 0 aliphatic rings. The summed E-state index contributed by atoms with van der Waals surface area (Å²) in [7, 11) is 1.33. The standard InChI is InChI=1S/C18H20N4O3/c1-4-9-22-16(19)15(17(24)21(3)18(22)25)14(23)11-20-13-8-6-7-12(5-2)10-13/h2,6-8,10,20H,4,9,11,19H2,1,3H3. The first-order valence-electron chi connectivity index (χ1n) is 7.83. The first kappa shape index (κ1) is 18.1. The summed E-state index contributed by atoms with van der Waals surface area (Å²) >= 11 is 0. The number of ketones is 1. The number of benzene rings is 1. The Bertz CT molecular complexity index is 964. The Kier molecular flexibility index (Phi) is 5.45. The van der Waals surface area contributed by atoms with Crippen molar-refractivity contribution in [2.75, 3.05) is 17.6 Å². The number of nitrogen functional groups attached to an aromatic ring is 1. The van der Waals surface area contributed by atoms with Crippen LogP contribution < -0.4 is 22.3 Å². The normalized spacial score (nSPS) is 10.3. The Morgan fingerprint density at radius 2 is 2.08 bits per heavy atom. The lowest BCUT2D eigenvalue weighted by Crippen LogP contribution is -2.43. The number of hydrogen-bond donors (Lipinski definition) is 2. The van der Waals surface area contributed by atoms with Crippen molar-refractivity contribution in [2.45, 2.75) is 19.9 Å². The molecule has 1 aromatic heterocycles. The largest absolute Gasteiger partial charge is 0.384 e. The Labute approximate surface area is 145 Å².